The van der Waals surface area contributed by atoms with Gasteiger partial charge in [-0.3, -0.25) is 0 Å². The number of fused-ring (bicyclic) bond motifs is 1. The predicted octanol–water partition coefficient (Wildman–Crippen LogP) is 8.89. The Kier molecular flexibility index (Phi) is 7.61. The van der Waals surface area contributed by atoms with Crippen LogP contribution in [0.15, 0.2) is 35.5 Å². The van der Waals surface area contributed by atoms with Gasteiger partial charge in [-0.2, -0.15) is 0 Å². The fourth-order valence-corrected chi connectivity index (χ4v) is 7.25. The second-order valence-corrected chi connectivity index (χ2v) is 13.9. The smallest absolute Gasteiger partial charge is 0.0787 e. The maximum Gasteiger partial charge on any atom is 0.0787 e. The molecule has 1 N–H and O–H groups in total. The summed E-state index contributed by atoms with van der Waals surface area (Å²) in [6.07, 6.45) is 15.7. The molecular formula is C31H52O. The third kappa shape index (κ3) is 5.45. The molecule has 6 unspecified atom stereocenters. The normalized spacial score (nSPS) is 37.7. The molecule has 3 rings (SSSR count). The van der Waals surface area contributed by atoms with Gasteiger partial charge in [0.05, 0.1) is 6.10 Å². The van der Waals surface area contributed by atoms with Crippen molar-refractivity contribution in [2.75, 3.05) is 0 Å². The van der Waals surface area contributed by atoms with Gasteiger partial charge in [0.25, 0.3) is 0 Å². The van der Waals surface area contributed by atoms with Gasteiger partial charge < -0.3 is 5.11 Å². The Hall–Kier alpha value is -0.820. The van der Waals surface area contributed by atoms with Crippen molar-refractivity contribution >= 4 is 0 Å². The third-order valence-electron chi connectivity index (χ3n) is 10.0. The zero-order chi connectivity index (χ0) is 23.9. The third-order valence-corrected chi connectivity index (χ3v) is 10.0. The van der Waals surface area contributed by atoms with E-state index in [0.29, 0.717) is 22.2 Å². The van der Waals surface area contributed by atoms with Crippen molar-refractivity contribution in [2.24, 2.45) is 39.9 Å². The van der Waals surface area contributed by atoms with Crippen LogP contribution in [0.4, 0.5) is 0 Å². The van der Waals surface area contributed by atoms with Gasteiger partial charge in [-0.15, -0.1) is 0 Å². The van der Waals surface area contributed by atoms with Crippen LogP contribution in [0.25, 0.3) is 0 Å². The van der Waals surface area contributed by atoms with Crippen LogP contribution in [-0.4, -0.2) is 11.2 Å². The van der Waals surface area contributed by atoms with Crippen molar-refractivity contribution in [1.29, 1.82) is 0 Å². The average molecular weight is 441 g/mol. The predicted molar refractivity (Wildman–Crippen MR) is 140 cm³/mol. The van der Waals surface area contributed by atoms with Crippen LogP contribution in [-0.2, 0) is 0 Å². The Labute approximate surface area is 199 Å². The number of hydrogen-bond donors (Lipinski definition) is 1. The van der Waals surface area contributed by atoms with E-state index in [1.807, 2.05) is 0 Å². The summed E-state index contributed by atoms with van der Waals surface area (Å²) in [6, 6.07) is 0. The van der Waals surface area contributed by atoms with E-state index in [1.54, 1.807) is 5.57 Å². The molecule has 0 radical (unpaired) electrons. The molecule has 32 heavy (non-hydrogen) atoms. The molecule has 6 atom stereocenters. The SMILES string of the molecule is C=C1C(C)CC(=CC=C2CCCC3(C)C2CCC3C(C)C(C)(C)CCC(C)(C)C)CC1O. The standard InChI is InChI=1S/C31H52O/c1-21-19-24(20-28(32)22(21)2)12-13-25-11-10-16-31(9)26(14-15-27(25)31)23(3)30(7,8)18-17-29(4,5)6/h12-13,21,23,26-28,32H,2,10-11,14-20H2,1,3-9H3. The first kappa shape index (κ1) is 25.8. The van der Waals surface area contributed by atoms with E-state index in [-0.39, 0.29) is 6.10 Å². The second-order valence-electron chi connectivity index (χ2n) is 13.9. The zero-order valence-electron chi connectivity index (χ0n) is 22.6. The quantitative estimate of drug-likeness (QED) is 0.423. The van der Waals surface area contributed by atoms with Crippen molar-refractivity contribution < 1.29 is 5.11 Å². The highest BCUT2D eigenvalue weighted by molar-refractivity contribution is 5.29. The second kappa shape index (κ2) is 9.44. The molecule has 0 heterocycles. The zero-order valence-corrected chi connectivity index (χ0v) is 22.6. The van der Waals surface area contributed by atoms with E-state index in [1.165, 1.54) is 50.5 Å². The summed E-state index contributed by atoms with van der Waals surface area (Å²) in [5.41, 5.74) is 5.39. The first-order valence-corrected chi connectivity index (χ1v) is 13.5. The summed E-state index contributed by atoms with van der Waals surface area (Å²) in [5.74, 6) is 2.74. The van der Waals surface area contributed by atoms with Crippen LogP contribution in [0.5, 0.6) is 0 Å². The highest BCUT2D eigenvalue weighted by atomic mass is 16.3. The van der Waals surface area contributed by atoms with E-state index in [9.17, 15) is 5.11 Å². The van der Waals surface area contributed by atoms with Gasteiger partial charge in [-0.1, -0.05) is 85.3 Å². The number of aliphatic hydroxyl groups is 1. The van der Waals surface area contributed by atoms with E-state index >= 15 is 0 Å². The van der Waals surface area contributed by atoms with Gasteiger partial charge in [-0.25, -0.2) is 0 Å². The van der Waals surface area contributed by atoms with Gasteiger partial charge in [0, 0.05) is 0 Å². The van der Waals surface area contributed by atoms with Crippen LogP contribution in [0.1, 0.15) is 113 Å². The molecule has 0 aromatic carbocycles. The molecule has 0 bridgehead atoms. The van der Waals surface area contributed by atoms with Crippen LogP contribution >= 0.6 is 0 Å². The monoisotopic (exact) mass is 440 g/mol. The van der Waals surface area contributed by atoms with Gasteiger partial charge in [0.2, 0.25) is 0 Å². The molecular weight excluding hydrogens is 388 g/mol. The molecule has 3 fully saturated rings. The first-order valence-electron chi connectivity index (χ1n) is 13.5. The van der Waals surface area contributed by atoms with E-state index in [4.69, 9.17) is 0 Å². The Balaban J connectivity index is 1.75. The maximum atomic E-state index is 10.4. The minimum atomic E-state index is -0.355. The number of rotatable bonds is 5. The Morgan fingerprint density at radius 1 is 1.09 bits per heavy atom. The molecule has 0 aliphatic heterocycles. The van der Waals surface area contributed by atoms with Crippen LogP contribution in [0.2, 0.25) is 0 Å². The lowest BCUT2D eigenvalue weighted by atomic mass is 9.57. The van der Waals surface area contributed by atoms with Crippen molar-refractivity contribution in [3.8, 4) is 0 Å². The van der Waals surface area contributed by atoms with Gasteiger partial charge in [-0.05, 0) is 103 Å². The van der Waals surface area contributed by atoms with Crippen molar-refractivity contribution in [1.82, 2.24) is 0 Å². The Morgan fingerprint density at radius 2 is 1.78 bits per heavy atom. The summed E-state index contributed by atoms with van der Waals surface area (Å²) in [5, 5.41) is 10.4. The van der Waals surface area contributed by atoms with E-state index in [2.05, 4.69) is 74.1 Å². The maximum absolute atomic E-state index is 10.4. The lowest BCUT2D eigenvalue weighted by molar-refractivity contribution is 0.0326. The van der Waals surface area contributed by atoms with Gasteiger partial charge in [0.1, 0.15) is 0 Å². The van der Waals surface area contributed by atoms with Gasteiger partial charge >= 0.3 is 0 Å². The topological polar surface area (TPSA) is 20.2 Å². The molecule has 182 valence electrons. The van der Waals surface area contributed by atoms with Crippen molar-refractivity contribution in [2.45, 2.75) is 119 Å². The van der Waals surface area contributed by atoms with Crippen LogP contribution in [0.3, 0.4) is 0 Å². The Morgan fingerprint density at radius 3 is 2.41 bits per heavy atom. The van der Waals surface area contributed by atoms with Crippen molar-refractivity contribution in [3.63, 3.8) is 0 Å². The molecule has 0 aromatic heterocycles. The molecule has 0 saturated heterocycles. The summed E-state index contributed by atoms with van der Waals surface area (Å²) in [6.45, 7) is 23.7. The number of aliphatic hydroxyl groups excluding tert-OH is 1. The summed E-state index contributed by atoms with van der Waals surface area (Å²) >= 11 is 0. The summed E-state index contributed by atoms with van der Waals surface area (Å²) in [7, 11) is 0. The van der Waals surface area contributed by atoms with Crippen LogP contribution in [0, 0.1) is 39.9 Å². The highest BCUT2D eigenvalue weighted by Crippen LogP contribution is 2.61. The lowest BCUT2D eigenvalue weighted by Crippen LogP contribution is -2.40. The lowest BCUT2D eigenvalue weighted by Gasteiger charge is -2.48. The van der Waals surface area contributed by atoms with Crippen LogP contribution < -0.4 is 0 Å². The molecule has 1 heteroatoms. The minimum absolute atomic E-state index is 0.355. The van der Waals surface area contributed by atoms with E-state index in [0.717, 1.165) is 36.2 Å². The number of allylic oxidation sites excluding steroid dienone is 3. The Bertz CT molecular complexity index is 729. The molecule has 0 spiro atoms. The molecule has 3 aliphatic carbocycles. The molecule has 1 nitrogen and oxygen atoms in total. The minimum Gasteiger partial charge on any atom is -0.388 e. The van der Waals surface area contributed by atoms with E-state index < -0.39 is 0 Å². The molecule has 0 aromatic rings. The molecule has 0 amide bonds. The first-order chi connectivity index (χ1) is 14.7. The average Bonchev–Trinajstić information content (AvgIpc) is 3.05. The molecule has 3 aliphatic rings. The summed E-state index contributed by atoms with van der Waals surface area (Å²) in [4.78, 5) is 0. The fourth-order valence-electron chi connectivity index (χ4n) is 7.25. The molecule has 3 saturated carbocycles. The summed E-state index contributed by atoms with van der Waals surface area (Å²) < 4.78 is 0. The largest absolute Gasteiger partial charge is 0.388 e. The fraction of sp³-hybridized carbons (Fsp3) is 0.806. The number of hydrogen-bond acceptors (Lipinski definition) is 1. The van der Waals surface area contributed by atoms with Gasteiger partial charge in [0.15, 0.2) is 0 Å². The highest BCUT2D eigenvalue weighted by Gasteiger charge is 2.52. The van der Waals surface area contributed by atoms with Crippen molar-refractivity contribution in [3.05, 3.63) is 35.5 Å².